The zero-order valence-electron chi connectivity index (χ0n) is 21.3. The van der Waals surface area contributed by atoms with Crippen molar-refractivity contribution in [3.8, 4) is 0 Å². The molecule has 3 nitrogen and oxygen atoms in total. The van der Waals surface area contributed by atoms with Gasteiger partial charge in [0.1, 0.15) is 0 Å². The van der Waals surface area contributed by atoms with Crippen molar-refractivity contribution in [1.82, 2.24) is 0 Å². The first kappa shape index (κ1) is 26.2. The van der Waals surface area contributed by atoms with E-state index in [0.29, 0.717) is 36.0 Å². The van der Waals surface area contributed by atoms with Crippen LogP contribution in [0.1, 0.15) is 85.5 Å². The van der Waals surface area contributed by atoms with Gasteiger partial charge in [0.15, 0.2) is 0 Å². The molecule has 3 saturated carbocycles. The monoisotopic (exact) mass is 454 g/mol. The van der Waals surface area contributed by atoms with Gasteiger partial charge in [-0.1, -0.05) is 76.3 Å². The molecule has 3 fully saturated rings. The predicted molar refractivity (Wildman–Crippen MR) is 138 cm³/mol. The predicted octanol–water partition coefficient (Wildman–Crippen LogP) is 6.43. The fraction of sp³-hybridized carbons (Fsp3) is 0.667. The van der Waals surface area contributed by atoms with Crippen molar-refractivity contribution in [2.75, 3.05) is 0 Å². The van der Waals surface area contributed by atoms with Crippen molar-refractivity contribution >= 4 is 0 Å². The Morgan fingerprint density at radius 1 is 1.15 bits per heavy atom. The maximum Gasteiger partial charge on any atom is 0.0825 e. The summed E-state index contributed by atoms with van der Waals surface area (Å²) in [6.07, 6.45) is 20.3. The second-order valence-electron chi connectivity index (χ2n) is 11.1. The highest BCUT2D eigenvalue weighted by Gasteiger charge is 2.50. The summed E-state index contributed by atoms with van der Waals surface area (Å²) >= 11 is 0. The molecule has 6 unspecified atom stereocenters. The summed E-state index contributed by atoms with van der Waals surface area (Å²) in [5.74, 6) is 1.77. The number of rotatable bonds is 7. The minimum absolute atomic E-state index is 0.312. The first-order chi connectivity index (χ1) is 15.6. The van der Waals surface area contributed by atoms with E-state index >= 15 is 0 Å². The fourth-order valence-corrected chi connectivity index (χ4v) is 6.70. The maximum atomic E-state index is 10.5. The Morgan fingerprint density at radius 2 is 1.88 bits per heavy atom. The standard InChI is InChI=1S/C30H46O3/c1-6-30(33,7-2)18-9-8-11-21(3)26-15-16-27-23(12-10-17-29(26,27)5)13-14-24-19-25(31)20-28(32)22(24)4/h8-9,11,13-14,18,21,25-28,31-33H,4,6-7,10,12,15-17,19-20H2,1-3,5H3/b11-8+,18-9+,23-13+,24-14-. The van der Waals surface area contributed by atoms with Gasteiger partial charge in [-0.15, -0.1) is 0 Å². The SMILES string of the molecule is C=C1/C(=C\C=C2/CCCC3(C)C2CCC3C(C)/C=C/C=C/C(O)(CC)CC)CC(O)CC1O. The van der Waals surface area contributed by atoms with Crippen molar-refractivity contribution in [2.24, 2.45) is 23.2 Å². The molecule has 0 spiro atoms. The van der Waals surface area contributed by atoms with Crippen molar-refractivity contribution in [2.45, 2.75) is 103 Å². The van der Waals surface area contributed by atoms with Crippen LogP contribution in [0.2, 0.25) is 0 Å². The summed E-state index contributed by atoms with van der Waals surface area (Å²) in [5, 5.41) is 30.7. The first-order valence-corrected chi connectivity index (χ1v) is 13.2. The molecule has 0 saturated heterocycles. The van der Waals surface area contributed by atoms with Crippen LogP contribution < -0.4 is 0 Å². The quantitative estimate of drug-likeness (QED) is 0.389. The van der Waals surface area contributed by atoms with E-state index in [1.807, 2.05) is 26.0 Å². The first-order valence-electron chi connectivity index (χ1n) is 13.2. The molecule has 0 aromatic rings. The van der Waals surface area contributed by atoms with E-state index in [0.717, 1.165) is 30.4 Å². The van der Waals surface area contributed by atoms with Crippen LogP contribution in [-0.2, 0) is 0 Å². The molecule has 0 aromatic heterocycles. The van der Waals surface area contributed by atoms with E-state index in [2.05, 4.69) is 44.7 Å². The summed E-state index contributed by atoms with van der Waals surface area (Å²) in [5.41, 5.74) is 2.92. The lowest BCUT2D eigenvalue weighted by atomic mass is 9.61. The molecular formula is C30H46O3. The summed E-state index contributed by atoms with van der Waals surface area (Å²) in [7, 11) is 0. The van der Waals surface area contributed by atoms with Crippen LogP contribution in [0.15, 0.2) is 59.8 Å². The third-order valence-electron chi connectivity index (χ3n) is 9.09. The molecule has 3 aliphatic rings. The Balaban J connectivity index is 1.72. The average molecular weight is 455 g/mol. The Bertz CT molecular complexity index is 812. The summed E-state index contributed by atoms with van der Waals surface area (Å²) in [4.78, 5) is 0. The Labute approximate surface area is 201 Å². The second-order valence-corrected chi connectivity index (χ2v) is 11.1. The van der Waals surface area contributed by atoms with Gasteiger partial charge in [-0.3, -0.25) is 0 Å². The van der Waals surface area contributed by atoms with Crippen LogP contribution in [0.5, 0.6) is 0 Å². The van der Waals surface area contributed by atoms with Gasteiger partial charge >= 0.3 is 0 Å². The lowest BCUT2D eigenvalue weighted by Gasteiger charge is -2.44. The molecule has 3 rings (SSSR count). The van der Waals surface area contributed by atoms with Gasteiger partial charge in [-0.2, -0.15) is 0 Å². The Kier molecular flexibility index (Phi) is 8.64. The lowest BCUT2D eigenvalue weighted by Crippen LogP contribution is -2.35. The van der Waals surface area contributed by atoms with Crippen LogP contribution >= 0.6 is 0 Å². The molecule has 6 atom stereocenters. The average Bonchev–Trinajstić information content (AvgIpc) is 3.15. The van der Waals surface area contributed by atoms with E-state index in [-0.39, 0.29) is 0 Å². The normalized spacial score (nSPS) is 36.9. The molecule has 0 radical (unpaired) electrons. The van der Waals surface area contributed by atoms with Gasteiger partial charge in [-0.25, -0.2) is 0 Å². The molecule has 3 aliphatic carbocycles. The van der Waals surface area contributed by atoms with Gasteiger partial charge in [0, 0.05) is 6.42 Å². The minimum atomic E-state index is -0.689. The van der Waals surface area contributed by atoms with Crippen LogP contribution in [0.4, 0.5) is 0 Å². The third-order valence-corrected chi connectivity index (χ3v) is 9.09. The van der Waals surface area contributed by atoms with E-state index in [9.17, 15) is 15.3 Å². The smallest absolute Gasteiger partial charge is 0.0825 e. The lowest BCUT2D eigenvalue weighted by molar-refractivity contribution is 0.0827. The van der Waals surface area contributed by atoms with Gasteiger partial charge in [-0.05, 0) is 85.7 Å². The van der Waals surface area contributed by atoms with Crippen molar-refractivity contribution in [1.29, 1.82) is 0 Å². The number of aliphatic hydroxyl groups excluding tert-OH is 2. The minimum Gasteiger partial charge on any atom is -0.393 e. The molecule has 0 bridgehead atoms. The highest BCUT2D eigenvalue weighted by Crippen LogP contribution is 2.59. The van der Waals surface area contributed by atoms with Gasteiger partial charge < -0.3 is 15.3 Å². The molecule has 184 valence electrons. The van der Waals surface area contributed by atoms with Crippen LogP contribution in [0.3, 0.4) is 0 Å². The second kappa shape index (κ2) is 10.9. The van der Waals surface area contributed by atoms with E-state index in [4.69, 9.17) is 0 Å². The molecule has 3 N–H and O–H groups in total. The third kappa shape index (κ3) is 5.81. The highest BCUT2D eigenvalue weighted by atomic mass is 16.3. The summed E-state index contributed by atoms with van der Waals surface area (Å²) < 4.78 is 0. The van der Waals surface area contributed by atoms with Gasteiger partial charge in [0.05, 0.1) is 17.8 Å². The Hall–Kier alpha value is -1.42. The van der Waals surface area contributed by atoms with E-state index < -0.39 is 17.8 Å². The molecular weight excluding hydrogens is 408 g/mol. The van der Waals surface area contributed by atoms with Crippen molar-refractivity contribution < 1.29 is 15.3 Å². The largest absolute Gasteiger partial charge is 0.393 e. The fourth-order valence-electron chi connectivity index (χ4n) is 6.70. The zero-order valence-corrected chi connectivity index (χ0v) is 21.3. The maximum absolute atomic E-state index is 10.5. The number of fused-ring (bicyclic) bond motifs is 1. The molecule has 0 amide bonds. The molecule has 0 aromatic carbocycles. The molecule has 33 heavy (non-hydrogen) atoms. The van der Waals surface area contributed by atoms with Gasteiger partial charge in [0.2, 0.25) is 0 Å². The number of allylic oxidation sites excluding steroid dienone is 6. The number of hydrogen-bond acceptors (Lipinski definition) is 3. The van der Waals surface area contributed by atoms with E-state index in [1.165, 1.54) is 31.3 Å². The van der Waals surface area contributed by atoms with Crippen molar-refractivity contribution in [3.63, 3.8) is 0 Å². The highest BCUT2D eigenvalue weighted by molar-refractivity contribution is 5.38. The van der Waals surface area contributed by atoms with Crippen LogP contribution in [0, 0.1) is 23.2 Å². The Morgan fingerprint density at radius 3 is 2.58 bits per heavy atom. The topological polar surface area (TPSA) is 60.7 Å². The molecule has 0 aliphatic heterocycles. The van der Waals surface area contributed by atoms with Crippen LogP contribution in [0.25, 0.3) is 0 Å². The molecule has 0 heterocycles. The summed E-state index contributed by atoms with van der Waals surface area (Å²) in [6, 6.07) is 0. The van der Waals surface area contributed by atoms with Crippen molar-refractivity contribution in [3.05, 3.63) is 59.8 Å². The molecule has 3 heteroatoms. The number of aliphatic hydroxyl groups is 3. The van der Waals surface area contributed by atoms with E-state index in [1.54, 1.807) is 0 Å². The van der Waals surface area contributed by atoms with Crippen LogP contribution in [-0.4, -0.2) is 33.1 Å². The zero-order chi connectivity index (χ0) is 24.2. The number of hydrogen-bond donors (Lipinski definition) is 3. The summed E-state index contributed by atoms with van der Waals surface area (Å²) in [6.45, 7) is 13.0. The van der Waals surface area contributed by atoms with Gasteiger partial charge in [0.25, 0.3) is 0 Å².